The number of rotatable bonds is 18. The molecule has 3 saturated heterocycles. The summed E-state index contributed by atoms with van der Waals surface area (Å²) in [6, 6.07) is 45.2. The SMILES string of the molecule is Cc1c(NC(=O)c2cc3c(s2)C2CCC3C2)cccc1-c1cn(C)c(=O)c(Nc2ccc([C@@H]3C(=O)N(C)CCN3C)cc2)n1.Cc1c(NC(=O)c2cc3c(s2)C2CCC3C2)cccc1-c1cn(C)c(=O)c(Nc2ccc([C@H]3C(=O)N(C)CCN3C)cc2)n1.Cc1c(NC(=O)c2cc3c(s2)[C@H]2CC[C@@H]3C2)cccc1-c1cn(C)c(=O)c(Nc2ccc([C@H]3C(=O)N(C)CCN3C)cc2)n1. The van der Waals surface area contributed by atoms with Crippen LogP contribution in [0, 0.1) is 20.8 Å². The maximum absolute atomic E-state index is 13.3. The number of carbonyl (C=O) groups excluding carboxylic acids is 6. The molecule has 4 unspecified atom stereocenters. The van der Waals surface area contributed by atoms with Gasteiger partial charge < -0.3 is 60.3 Å². The number of thiophene rings is 3. The lowest BCUT2D eigenvalue weighted by molar-refractivity contribution is -0.140. The largest absolute Gasteiger partial charge is 0.343 e. The summed E-state index contributed by atoms with van der Waals surface area (Å²) in [5.41, 5.74) is 17.3. The molecule has 21 rings (SSSR count). The summed E-state index contributed by atoms with van der Waals surface area (Å²) < 4.78 is 4.53. The Kier molecular flexibility index (Phi) is 24.1. The molecule has 12 aromatic rings. The van der Waals surface area contributed by atoms with Crippen molar-refractivity contribution in [2.45, 2.75) is 132 Å². The average molecular weight is 1830 g/mol. The summed E-state index contributed by atoms with van der Waals surface area (Å²) in [6.07, 6.45) is 16.3. The molecule has 6 bridgehead atoms. The fraction of sp³-hybridized carbons (Fsp3) is 0.353. The van der Waals surface area contributed by atoms with Gasteiger partial charge in [0, 0.05) is 166 Å². The molecule has 678 valence electrons. The van der Waals surface area contributed by atoms with Crippen LogP contribution in [-0.4, -0.2) is 175 Å². The number of hydrogen-bond acceptors (Lipinski definition) is 21. The van der Waals surface area contributed by atoms with Gasteiger partial charge >= 0.3 is 0 Å². The predicted octanol–water partition coefficient (Wildman–Crippen LogP) is 16.9. The van der Waals surface area contributed by atoms with E-state index >= 15 is 0 Å². The summed E-state index contributed by atoms with van der Waals surface area (Å²) in [6.45, 7) is 10.4. The fourth-order valence-electron chi connectivity index (χ4n) is 20.8. The summed E-state index contributed by atoms with van der Waals surface area (Å²) in [5, 5.41) is 18.9. The number of benzene rings is 6. The molecule has 27 nitrogen and oxygen atoms in total. The normalized spacial score (nSPS) is 21.0. The van der Waals surface area contributed by atoms with Gasteiger partial charge in [-0.1, -0.05) is 72.8 Å². The zero-order chi connectivity index (χ0) is 92.1. The molecular weight excluding hydrogens is 1720 g/mol. The van der Waals surface area contributed by atoms with Crippen LogP contribution in [-0.2, 0) is 35.5 Å². The zero-order valence-corrected chi connectivity index (χ0v) is 78.6. The molecule has 0 spiro atoms. The van der Waals surface area contributed by atoms with E-state index in [1.165, 1.54) is 103 Å². The Morgan fingerprint density at radius 2 is 0.591 bits per heavy atom. The topological polar surface area (TPSA) is 299 Å². The minimum absolute atomic E-state index is 0.0717. The van der Waals surface area contributed by atoms with Crippen molar-refractivity contribution in [3.8, 4) is 33.8 Å². The van der Waals surface area contributed by atoms with Crippen LogP contribution < -0.4 is 48.6 Å². The van der Waals surface area contributed by atoms with Crippen molar-refractivity contribution in [3.63, 3.8) is 0 Å². The third-order valence-electron chi connectivity index (χ3n) is 28.5. The highest BCUT2D eigenvalue weighted by atomic mass is 32.1. The molecule has 9 heterocycles. The zero-order valence-electron chi connectivity index (χ0n) is 76.2. The van der Waals surface area contributed by atoms with Crippen molar-refractivity contribution >= 4 is 121 Å². The smallest absolute Gasteiger partial charge is 0.293 e. The Balaban J connectivity index is 0.000000128. The van der Waals surface area contributed by atoms with E-state index in [0.29, 0.717) is 89.3 Å². The standard InChI is InChI=1S/3C34H36N6O3S/c3*1-19-24(6-5-7-26(19)37-32(41)28-17-25-21-8-9-22(16-21)30(25)44-28)27-18-40(4)34(43)31(36-27)35-23-12-10-20(11-13-23)29-33(42)39(3)15-14-38(29)2/h3*5-7,10-13,17-18,21-22,29H,8-9,14-16H2,1-4H3,(H,35,36)(H,37,41)/t2*21?,22?,29-;21-,22+,29+/m101/s1. The number of aryl methyl sites for hydroxylation is 3. The number of hydrogen-bond donors (Lipinski definition) is 6. The maximum Gasteiger partial charge on any atom is 0.293 e. The second kappa shape index (κ2) is 36.0. The number of nitrogens with zero attached hydrogens (tertiary/aromatic N) is 12. The van der Waals surface area contributed by atoms with Crippen molar-refractivity contribution in [2.24, 2.45) is 21.1 Å². The van der Waals surface area contributed by atoms with Crippen molar-refractivity contribution in [2.75, 3.05) is 113 Å². The first-order valence-electron chi connectivity index (χ1n) is 45.4. The van der Waals surface area contributed by atoms with Gasteiger partial charge in [-0.3, -0.25) is 57.9 Å². The first-order chi connectivity index (χ1) is 63.5. The van der Waals surface area contributed by atoms with Gasteiger partial charge in [-0.25, -0.2) is 15.0 Å². The summed E-state index contributed by atoms with van der Waals surface area (Å²) in [5.74, 6) is 4.31. The van der Waals surface area contributed by atoms with E-state index in [0.717, 1.165) is 101 Å². The van der Waals surface area contributed by atoms with Gasteiger partial charge in [0.15, 0.2) is 17.5 Å². The van der Waals surface area contributed by atoms with Crippen molar-refractivity contribution in [1.82, 2.24) is 58.1 Å². The second-order valence-corrected chi connectivity index (χ2v) is 40.3. The van der Waals surface area contributed by atoms with Crippen molar-refractivity contribution in [1.29, 1.82) is 0 Å². The summed E-state index contributed by atoms with van der Waals surface area (Å²) in [4.78, 5) is 150. The fourth-order valence-corrected chi connectivity index (χ4v) is 24.7. The lowest BCUT2D eigenvalue weighted by atomic mass is 9.99. The number of fused-ring (bicyclic) bond motifs is 15. The van der Waals surface area contributed by atoms with E-state index in [-0.39, 0.29) is 87.7 Å². The van der Waals surface area contributed by atoms with E-state index in [9.17, 15) is 43.2 Å². The monoisotopic (exact) mass is 1820 g/mol. The Labute approximate surface area is 778 Å². The van der Waals surface area contributed by atoms with Crippen molar-refractivity contribution in [3.05, 3.63) is 275 Å². The predicted molar refractivity (Wildman–Crippen MR) is 522 cm³/mol. The molecule has 132 heavy (non-hydrogen) atoms. The summed E-state index contributed by atoms with van der Waals surface area (Å²) in [7, 11) is 16.5. The minimum Gasteiger partial charge on any atom is -0.343 e. The quantitative estimate of drug-likeness (QED) is 0.0465. The number of likely N-dealkylation sites (N-methyl/N-ethyl adjacent to an activating group) is 6. The Hall–Kier alpha value is -12.8. The van der Waals surface area contributed by atoms with E-state index in [2.05, 4.69) is 64.8 Å². The molecule has 3 saturated carbocycles. The number of piperazine rings is 3. The van der Waals surface area contributed by atoms with E-state index in [1.807, 2.05) is 190 Å². The second-order valence-electron chi connectivity index (χ2n) is 37.1. The molecule has 6 amide bonds. The molecule has 6 aromatic heterocycles. The van der Waals surface area contributed by atoms with Gasteiger partial charge in [0.05, 0.1) is 31.7 Å². The Morgan fingerprint density at radius 1 is 0.333 bits per heavy atom. The van der Waals surface area contributed by atoms with Gasteiger partial charge in [-0.05, 0) is 258 Å². The van der Waals surface area contributed by atoms with Crippen LogP contribution in [0.2, 0.25) is 0 Å². The van der Waals surface area contributed by atoms with Crippen LogP contribution in [0.5, 0.6) is 0 Å². The molecular formula is C102H108N18O9S3. The molecule has 6 fully saturated rings. The molecule has 30 heteroatoms. The Morgan fingerprint density at radius 3 is 0.848 bits per heavy atom. The van der Waals surface area contributed by atoms with Gasteiger partial charge in [0.25, 0.3) is 34.4 Å². The number of amides is 6. The van der Waals surface area contributed by atoms with E-state index in [4.69, 9.17) is 15.0 Å². The number of aromatic nitrogens is 6. The number of anilines is 9. The molecule has 9 atom stereocenters. The van der Waals surface area contributed by atoms with Gasteiger partial charge in [0.1, 0.15) is 18.1 Å². The van der Waals surface area contributed by atoms with Crippen LogP contribution in [0.1, 0.15) is 205 Å². The highest BCUT2D eigenvalue weighted by Crippen LogP contribution is 2.59. The van der Waals surface area contributed by atoms with Crippen LogP contribution >= 0.6 is 34.0 Å². The lowest BCUT2D eigenvalue weighted by Crippen LogP contribution is -2.48. The number of nitrogens with one attached hydrogen (secondary N) is 6. The van der Waals surface area contributed by atoms with Gasteiger partial charge in [-0.2, -0.15) is 0 Å². The van der Waals surface area contributed by atoms with Crippen LogP contribution in [0.15, 0.2) is 179 Å². The minimum atomic E-state index is -0.330. The molecule has 9 aliphatic rings. The average Bonchev–Trinajstić information content (AvgIpc) is 1.61. The first kappa shape index (κ1) is 88.4. The number of carbonyl (C=O) groups is 6. The van der Waals surface area contributed by atoms with Crippen molar-refractivity contribution < 1.29 is 28.8 Å². The van der Waals surface area contributed by atoms with Gasteiger partial charge in [-0.15, -0.1) is 34.0 Å². The highest BCUT2D eigenvalue weighted by molar-refractivity contribution is 7.15. The molecule has 0 radical (unpaired) electrons. The molecule has 6 aromatic carbocycles. The van der Waals surface area contributed by atoms with E-state index in [1.54, 1.807) is 88.4 Å². The first-order valence-corrected chi connectivity index (χ1v) is 47.8. The summed E-state index contributed by atoms with van der Waals surface area (Å²) >= 11 is 4.93. The third kappa shape index (κ3) is 17.0. The van der Waals surface area contributed by atoms with Gasteiger partial charge in [0.2, 0.25) is 17.7 Å². The maximum atomic E-state index is 13.3. The molecule has 6 N–H and O–H groups in total. The molecule has 6 aliphatic carbocycles. The lowest BCUT2D eigenvalue weighted by Gasteiger charge is -2.37. The van der Waals surface area contributed by atoms with E-state index < -0.39 is 0 Å². The highest BCUT2D eigenvalue weighted by Gasteiger charge is 2.43. The third-order valence-corrected chi connectivity index (χ3v) is 32.5. The van der Waals surface area contributed by atoms with Crippen LogP contribution in [0.3, 0.4) is 0 Å². The van der Waals surface area contributed by atoms with Crippen LogP contribution in [0.4, 0.5) is 51.6 Å². The Bertz CT molecular complexity index is 6090. The van der Waals surface area contributed by atoms with Crippen LogP contribution in [0.25, 0.3) is 33.8 Å². The molecule has 3 aliphatic heterocycles.